The van der Waals surface area contributed by atoms with Gasteiger partial charge in [0.2, 0.25) is 10.0 Å². The molecule has 0 radical (unpaired) electrons. The van der Waals surface area contributed by atoms with Crippen LogP contribution in [0, 0.1) is 6.92 Å². The van der Waals surface area contributed by atoms with Crippen molar-refractivity contribution in [3.63, 3.8) is 0 Å². The second kappa shape index (κ2) is 12.9. The number of rotatable bonds is 8. The van der Waals surface area contributed by atoms with E-state index >= 15 is 0 Å². The number of carbonyl (C=O) groups is 1. The third-order valence-corrected chi connectivity index (χ3v) is 11.9. The lowest BCUT2D eigenvalue weighted by Gasteiger charge is -2.31. The molecule has 9 heteroatoms. The number of aromatic nitrogens is 2. The normalized spacial score (nSPS) is 21.1. The van der Waals surface area contributed by atoms with Crippen molar-refractivity contribution in [3.8, 4) is 11.1 Å². The van der Waals surface area contributed by atoms with Crippen LogP contribution >= 0.6 is 0 Å². The molecule has 3 atom stereocenters. The minimum absolute atomic E-state index is 0.198. The number of amides is 1. The smallest absolute Gasteiger partial charge is 0.253 e. The maximum atomic E-state index is 14.6. The van der Waals surface area contributed by atoms with Gasteiger partial charge in [-0.1, -0.05) is 48.6 Å². The first-order chi connectivity index (χ1) is 22.4. The van der Waals surface area contributed by atoms with Crippen LogP contribution in [0.5, 0.6) is 0 Å². The van der Waals surface area contributed by atoms with E-state index in [-0.39, 0.29) is 12.5 Å². The molecule has 4 aromatic rings. The summed E-state index contributed by atoms with van der Waals surface area (Å²) in [6.45, 7) is 8.01. The van der Waals surface area contributed by atoms with Crippen LogP contribution in [0.2, 0.25) is 0 Å². The van der Waals surface area contributed by atoms with E-state index in [1.807, 2.05) is 36.4 Å². The molecule has 8 nitrogen and oxygen atoms in total. The summed E-state index contributed by atoms with van der Waals surface area (Å²) < 4.78 is 29.3. The number of aryl methyl sites for hydroxylation is 1. The van der Waals surface area contributed by atoms with Crippen molar-refractivity contribution in [1.82, 2.24) is 18.8 Å². The Morgan fingerprint density at radius 3 is 2.60 bits per heavy atom. The average Bonchev–Trinajstić information content (AvgIpc) is 3.45. The predicted octanol–water partition coefficient (Wildman–Crippen LogP) is 6.25. The number of allylic oxidation sites excluding steroid dienone is 3. The summed E-state index contributed by atoms with van der Waals surface area (Å²) in [7, 11) is -0.131. The summed E-state index contributed by atoms with van der Waals surface area (Å²) >= 11 is 0. The molecule has 246 valence electrons. The molecular formula is C38H44N4O4S. The fraction of sp³-hybridized carbons (Fsp3) is 0.368. The number of aliphatic hydroxyl groups is 1. The van der Waals surface area contributed by atoms with Crippen LogP contribution in [0.4, 0.5) is 0 Å². The second-order valence-corrected chi connectivity index (χ2v) is 15.8. The highest BCUT2D eigenvalue weighted by Gasteiger charge is 2.41. The Bertz CT molecular complexity index is 1980. The number of carbonyl (C=O) groups excluding carboxylic acids is 1. The Morgan fingerprint density at radius 2 is 1.89 bits per heavy atom. The van der Waals surface area contributed by atoms with Crippen LogP contribution in [-0.4, -0.2) is 82.8 Å². The third-order valence-electron chi connectivity index (χ3n) is 9.66. The molecular weight excluding hydrogens is 609 g/mol. The van der Waals surface area contributed by atoms with E-state index in [9.17, 15) is 18.3 Å². The van der Waals surface area contributed by atoms with Crippen molar-refractivity contribution in [2.45, 2.75) is 56.8 Å². The van der Waals surface area contributed by atoms with Crippen LogP contribution < -0.4 is 0 Å². The lowest BCUT2D eigenvalue weighted by atomic mass is 9.85. The number of likely N-dealkylation sites (tertiary alicyclic amines) is 1. The number of hydrogen-bond acceptors (Lipinski definition) is 6. The van der Waals surface area contributed by atoms with E-state index in [1.165, 1.54) is 32.8 Å². The van der Waals surface area contributed by atoms with Gasteiger partial charge in [-0.3, -0.25) is 4.79 Å². The number of aliphatic hydroxyl groups excluding tert-OH is 1. The van der Waals surface area contributed by atoms with Gasteiger partial charge in [-0.05, 0) is 112 Å². The zero-order valence-corrected chi connectivity index (χ0v) is 28.7. The van der Waals surface area contributed by atoms with Crippen LogP contribution in [0.1, 0.15) is 66.1 Å². The maximum Gasteiger partial charge on any atom is 0.253 e. The van der Waals surface area contributed by atoms with Gasteiger partial charge in [0.1, 0.15) is 4.75 Å². The van der Waals surface area contributed by atoms with Gasteiger partial charge in [0.15, 0.2) is 5.65 Å². The van der Waals surface area contributed by atoms with Crippen molar-refractivity contribution in [3.05, 3.63) is 107 Å². The lowest BCUT2D eigenvalue weighted by Crippen LogP contribution is -2.38. The summed E-state index contributed by atoms with van der Waals surface area (Å²) in [5.74, 6) is 0.317. The predicted molar refractivity (Wildman–Crippen MR) is 189 cm³/mol. The SMILES string of the molecule is Cc1cc(C2=CC(C)(S(=O)(=O)n3cc(-c4ccc(C(=O)N(C)C[C@@H](C)O)cc4)c4cccnc43)CC=C2)ccc1C1CCCN(C)C1. The van der Waals surface area contributed by atoms with Crippen molar-refractivity contribution in [2.24, 2.45) is 0 Å². The number of nitrogens with zero attached hydrogens (tertiary/aromatic N) is 4. The van der Waals surface area contributed by atoms with Crippen LogP contribution in [-0.2, 0) is 10.0 Å². The highest BCUT2D eigenvalue weighted by atomic mass is 32.2. The summed E-state index contributed by atoms with van der Waals surface area (Å²) in [4.78, 5) is 21.2. The zero-order chi connectivity index (χ0) is 33.5. The minimum Gasteiger partial charge on any atom is -0.392 e. The molecule has 6 rings (SSSR count). The molecule has 2 aliphatic rings. The molecule has 0 bridgehead atoms. The standard InChI is InChI=1S/C38H44N4O4S/c1-26-21-30(16-17-33(26)32-10-8-20-40(4)24-32)31-9-6-18-38(3,22-31)47(45,46)42-25-35(34-11-7-19-39-36(34)42)28-12-14-29(15-13-28)37(44)41(5)23-27(2)43/h6-7,9,11-17,19,21-22,25,27,32,43H,8,10,18,20,23-24H2,1-5H3/t27-,32?,38?/m1/s1. The van der Waals surface area contributed by atoms with E-state index in [1.54, 1.807) is 51.5 Å². The van der Waals surface area contributed by atoms with E-state index in [0.29, 0.717) is 34.5 Å². The van der Waals surface area contributed by atoms with Crippen molar-refractivity contribution < 1.29 is 18.3 Å². The number of hydrogen-bond donors (Lipinski definition) is 1. The van der Waals surface area contributed by atoms with Gasteiger partial charge in [-0.25, -0.2) is 17.4 Å². The fourth-order valence-electron chi connectivity index (χ4n) is 7.11. The first-order valence-corrected chi connectivity index (χ1v) is 17.8. The minimum atomic E-state index is -3.97. The van der Waals surface area contributed by atoms with Crippen LogP contribution in [0.3, 0.4) is 0 Å². The Morgan fingerprint density at radius 1 is 1.15 bits per heavy atom. The third kappa shape index (κ3) is 6.32. The maximum absolute atomic E-state index is 14.6. The summed E-state index contributed by atoms with van der Waals surface area (Å²) in [6, 6.07) is 17.3. The van der Waals surface area contributed by atoms with Crippen LogP contribution in [0.15, 0.2) is 85.2 Å². The van der Waals surface area contributed by atoms with Crippen molar-refractivity contribution >= 4 is 32.5 Å². The van der Waals surface area contributed by atoms with E-state index in [2.05, 4.69) is 42.1 Å². The van der Waals surface area contributed by atoms with Crippen molar-refractivity contribution in [1.29, 1.82) is 0 Å². The molecule has 2 aromatic heterocycles. The monoisotopic (exact) mass is 652 g/mol. The molecule has 1 aliphatic heterocycles. The molecule has 0 spiro atoms. The Hall–Kier alpha value is -4.05. The number of likely N-dealkylation sites (N-methyl/N-ethyl adjacent to an activating group) is 2. The van der Waals surface area contributed by atoms with E-state index in [4.69, 9.17) is 0 Å². The Kier molecular flexibility index (Phi) is 9.00. The number of pyridine rings is 1. The van der Waals surface area contributed by atoms with E-state index in [0.717, 1.165) is 29.8 Å². The molecule has 1 fully saturated rings. The average molecular weight is 653 g/mol. The van der Waals surface area contributed by atoms with Gasteiger partial charge in [-0.15, -0.1) is 0 Å². The topological polar surface area (TPSA) is 95.7 Å². The van der Waals surface area contributed by atoms with Gasteiger partial charge < -0.3 is 14.9 Å². The van der Waals surface area contributed by atoms with E-state index < -0.39 is 20.9 Å². The van der Waals surface area contributed by atoms with Gasteiger partial charge in [-0.2, -0.15) is 0 Å². The van der Waals surface area contributed by atoms with Crippen molar-refractivity contribution in [2.75, 3.05) is 33.7 Å². The molecule has 1 aliphatic carbocycles. The molecule has 1 amide bonds. The molecule has 47 heavy (non-hydrogen) atoms. The Balaban J connectivity index is 1.33. The van der Waals surface area contributed by atoms with Gasteiger partial charge in [0, 0.05) is 49.0 Å². The first-order valence-electron chi connectivity index (χ1n) is 16.3. The molecule has 0 saturated carbocycles. The highest BCUT2D eigenvalue weighted by molar-refractivity contribution is 7.91. The quantitative estimate of drug-likeness (QED) is 0.242. The molecule has 3 heterocycles. The number of fused-ring (bicyclic) bond motifs is 1. The lowest BCUT2D eigenvalue weighted by molar-refractivity contribution is 0.0703. The Labute approximate surface area is 278 Å². The number of piperidine rings is 1. The second-order valence-electron chi connectivity index (χ2n) is 13.5. The molecule has 2 unspecified atom stereocenters. The number of benzene rings is 2. The fourth-order valence-corrected chi connectivity index (χ4v) is 8.76. The van der Waals surface area contributed by atoms with Gasteiger partial charge >= 0.3 is 0 Å². The summed E-state index contributed by atoms with van der Waals surface area (Å²) in [5, 5.41) is 10.4. The molecule has 1 N–H and O–H groups in total. The molecule has 2 aromatic carbocycles. The molecule has 1 saturated heterocycles. The van der Waals surface area contributed by atoms with Gasteiger partial charge in [0.05, 0.1) is 6.10 Å². The first kappa shape index (κ1) is 32.9. The zero-order valence-electron chi connectivity index (χ0n) is 27.8. The largest absolute Gasteiger partial charge is 0.392 e. The highest BCUT2D eigenvalue weighted by Crippen LogP contribution is 2.39. The summed E-state index contributed by atoms with van der Waals surface area (Å²) in [5.41, 5.74) is 6.85. The van der Waals surface area contributed by atoms with Crippen LogP contribution in [0.25, 0.3) is 27.7 Å². The van der Waals surface area contributed by atoms with Gasteiger partial charge in [0.25, 0.3) is 5.91 Å². The summed E-state index contributed by atoms with van der Waals surface area (Å²) in [6.07, 6.45) is 11.2.